The average molecular weight is 591 g/mol. The average Bonchev–Trinajstić information content (AvgIpc) is 3.72. The third-order valence-corrected chi connectivity index (χ3v) is 8.55. The van der Waals surface area contributed by atoms with Gasteiger partial charge in [0.25, 0.3) is 0 Å². The molecule has 9 rings (SSSR count). The summed E-state index contributed by atoms with van der Waals surface area (Å²) in [5.41, 5.74) is 11.0. The van der Waals surface area contributed by atoms with Crippen LogP contribution < -0.4 is 0 Å². The molecule has 0 saturated heterocycles. The lowest BCUT2D eigenvalue weighted by Crippen LogP contribution is -1.98. The molecule has 6 aromatic carbocycles. The van der Waals surface area contributed by atoms with E-state index < -0.39 is 0 Å². The Hall–Kier alpha value is -6.33. The van der Waals surface area contributed by atoms with Gasteiger partial charge in [-0.1, -0.05) is 121 Å². The summed E-state index contributed by atoms with van der Waals surface area (Å²) in [6.07, 6.45) is 3.71. The number of fused-ring (bicyclic) bond motifs is 4. The molecule has 5 nitrogen and oxygen atoms in total. The first-order chi connectivity index (χ1) is 22.8. The molecule has 0 aliphatic rings. The van der Waals surface area contributed by atoms with Crippen LogP contribution in [0.1, 0.15) is 0 Å². The van der Waals surface area contributed by atoms with E-state index in [2.05, 4.69) is 108 Å². The second kappa shape index (κ2) is 10.7. The molecule has 0 N–H and O–H groups in total. The van der Waals surface area contributed by atoms with Crippen molar-refractivity contribution in [3.8, 4) is 50.7 Å². The predicted molar refractivity (Wildman–Crippen MR) is 186 cm³/mol. The van der Waals surface area contributed by atoms with Gasteiger partial charge < -0.3 is 4.42 Å². The highest BCUT2D eigenvalue weighted by molar-refractivity contribution is 6.13. The third kappa shape index (κ3) is 4.29. The second-order valence-electron chi connectivity index (χ2n) is 11.3. The van der Waals surface area contributed by atoms with Gasteiger partial charge >= 0.3 is 0 Å². The van der Waals surface area contributed by atoms with Gasteiger partial charge in [0.2, 0.25) is 0 Å². The Balaban J connectivity index is 1.07. The van der Waals surface area contributed by atoms with Crippen LogP contribution in [0.15, 0.2) is 162 Å². The summed E-state index contributed by atoms with van der Waals surface area (Å²) >= 11 is 0. The van der Waals surface area contributed by atoms with Crippen LogP contribution in [0.3, 0.4) is 0 Å². The zero-order chi connectivity index (χ0) is 30.5. The van der Waals surface area contributed by atoms with E-state index >= 15 is 0 Å². The summed E-state index contributed by atoms with van der Waals surface area (Å²) in [6, 6.07) is 49.9. The van der Waals surface area contributed by atoms with Crippen molar-refractivity contribution in [3.05, 3.63) is 158 Å². The zero-order valence-electron chi connectivity index (χ0n) is 24.7. The maximum atomic E-state index is 6.62. The third-order valence-electron chi connectivity index (χ3n) is 8.55. The standard InChI is InChI=1S/C41H26N4O/c1-3-11-27(12-4-1)32-15-9-17-34-35-18-10-16-33(39(35)46-38(32)34)28-21-23-29(24-22-28)40-42-25-30(26-43-40)41-44-36-19-7-8-20-37(36)45(41)31-13-5-2-6-14-31/h1-26H. The summed E-state index contributed by atoms with van der Waals surface area (Å²) < 4.78 is 8.78. The van der Waals surface area contributed by atoms with E-state index in [0.29, 0.717) is 5.82 Å². The first kappa shape index (κ1) is 26.1. The Morgan fingerprint density at radius 3 is 1.70 bits per heavy atom. The van der Waals surface area contributed by atoms with E-state index in [4.69, 9.17) is 19.4 Å². The Labute approximate surface area is 265 Å². The molecule has 0 bridgehead atoms. The summed E-state index contributed by atoms with van der Waals surface area (Å²) in [7, 11) is 0. The Morgan fingerprint density at radius 1 is 0.457 bits per heavy atom. The van der Waals surface area contributed by atoms with Gasteiger partial charge in [-0.2, -0.15) is 0 Å². The Kier molecular flexibility index (Phi) is 6.06. The van der Waals surface area contributed by atoms with Crippen LogP contribution >= 0.6 is 0 Å². The van der Waals surface area contributed by atoms with Crippen molar-refractivity contribution in [2.45, 2.75) is 0 Å². The van der Waals surface area contributed by atoms with Crippen molar-refractivity contribution in [3.63, 3.8) is 0 Å². The minimum atomic E-state index is 0.659. The van der Waals surface area contributed by atoms with E-state index in [1.165, 1.54) is 0 Å². The molecule has 0 atom stereocenters. The van der Waals surface area contributed by atoms with Crippen LogP contribution in [0.5, 0.6) is 0 Å². The number of hydrogen-bond acceptors (Lipinski definition) is 4. The maximum Gasteiger partial charge on any atom is 0.159 e. The predicted octanol–water partition coefficient (Wildman–Crippen LogP) is 10.4. The largest absolute Gasteiger partial charge is 0.455 e. The van der Waals surface area contributed by atoms with Gasteiger partial charge in [-0.3, -0.25) is 4.57 Å². The summed E-state index contributed by atoms with van der Waals surface area (Å²) in [5, 5.41) is 2.22. The van der Waals surface area contributed by atoms with Gasteiger partial charge in [-0.25, -0.2) is 15.0 Å². The van der Waals surface area contributed by atoms with Crippen LogP contribution in [0.4, 0.5) is 0 Å². The number of benzene rings is 6. The van der Waals surface area contributed by atoms with Crippen molar-refractivity contribution in [1.29, 1.82) is 0 Å². The fourth-order valence-electron chi connectivity index (χ4n) is 6.34. The van der Waals surface area contributed by atoms with Crippen LogP contribution in [0.2, 0.25) is 0 Å². The van der Waals surface area contributed by atoms with Crippen molar-refractivity contribution in [2.24, 2.45) is 0 Å². The normalized spacial score (nSPS) is 11.5. The van der Waals surface area contributed by atoms with Gasteiger partial charge in [0.05, 0.1) is 16.6 Å². The summed E-state index contributed by atoms with van der Waals surface area (Å²) in [6.45, 7) is 0. The van der Waals surface area contributed by atoms with Gasteiger partial charge in [0.1, 0.15) is 17.0 Å². The first-order valence-electron chi connectivity index (χ1n) is 15.3. The van der Waals surface area contributed by atoms with E-state index in [-0.39, 0.29) is 0 Å². The number of aromatic nitrogens is 4. The topological polar surface area (TPSA) is 56.7 Å². The lowest BCUT2D eigenvalue weighted by molar-refractivity contribution is 0.671. The van der Waals surface area contributed by atoms with Gasteiger partial charge in [-0.15, -0.1) is 0 Å². The Bertz CT molecular complexity index is 2500. The van der Waals surface area contributed by atoms with E-state index in [9.17, 15) is 0 Å². The van der Waals surface area contributed by atoms with E-state index in [1.54, 1.807) is 0 Å². The molecule has 0 spiro atoms. The second-order valence-corrected chi connectivity index (χ2v) is 11.3. The van der Waals surface area contributed by atoms with Crippen molar-refractivity contribution in [2.75, 3.05) is 0 Å². The van der Waals surface area contributed by atoms with Crippen LogP contribution in [-0.2, 0) is 0 Å². The molecule has 3 heterocycles. The molecular formula is C41H26N4O. The first-order valence-corrected chi connectivity index (χ1v) is 15.3. The molecule has 216 valence electrons. The highest BCUT2D eigenvalue weighted by Gasteiger charge is 2.17. The van der Waals surface area contributed by atoms with Gasteiger partial charge in [0.15, 0.2) is 5.82 Å². The molecule has 0 saturated carbocycles. The van der Waals surface area contributed by atoms with Crippen molar-refractivity contribution < 1.29 is 4.42 Å². The van der Waals surface area contributed by atoms with E-state index in [1.807, 2.05) is 54.9 Å². The van der Waals surface area contributed by atoms with E-state index in [0.717, 1.165) is 77.9 Å². The minimum absolute atomic E-state index is 0.659. The molecule has 5 heteroatoms. The van der Waals surface area contributed by atoms with Crippen LogP contribution in [0.25, 0.3) is 83.7 Å². The lowest BCUT2D eigenvalue weighted by Gasteiger charge is -2.09. The van der Waals surface area contributed by atoms with Crippen molar-refractivity contribution >= 4 is 33.0 Å². The van der Waals surface area contributed by atoms with Crippen LogP contribution in [0, 0.1) is 0 Å². The number of hydrogen-bond donors (Lipinski definition) is 0. The SMILES string of the molecule is c1ccc(-c2cccc3c2oc2c(-c4ccc(-c5ncc(-c6nc7ccccc7n6-c6ccccc6)cn5)cc4)cccc23)cc1. The zero-order valence-corrected chi connectivity index (χ0v) is 24.7. The molecular weight excluding hydrogens is 564 g/mol. The fraction of sp³-hybridized carbons (Fsp3) is 0. The maximum absolute atomic E-state index is 6.62. The molecule has 0 radical (unpaired) electrons. The smallest absolute Gasteiger partial charge is 0.159 e. The van der Waals surface area contributed by atoms with Gasteiger partial charge in [0, 0.05) is 45.5 Å². The number of para-hydroxylation sites is 5. The molecule has 0 unspecified atom stereocenters. The summed E-state index contributed by atoms with van der Waals surface area (Å²) in [5.74, 6) is 1.47. The molecule has 3 aromatic heterocycles. The minimum Gasteiger partial charge on any atom is -0.455 e. The molecule has 0 fully saturated rings. The molecule has 0 amide bonds. The number of nitrogens with zero attached hydrogens (tertiary/aromatic N) is 4. The fourth-order valence-corrected chi connectivity index (χ4v) is 6.34. The quantitative estimate of drug-likeness (QED) is 0.200. The summed E-state index contributed by atoms with van der Waals surface area (Å²) in [4.78, 5) is 14.5. The van der Waals surface area contributed by atoms with Crippen molar-refractivity contribution in [1.82, 2.24) is 19.5 Å². The highest BCUT2D eigenvalue weighted by atomic mass is 16.3. The molecule has 46 heavy (non-hydrogen) atoms. The number of imidazole rings is 1. The number of furan rings is 1. The van der Waals surface area contributed by atoms with Gasteiger partial charge in [-0.05, 0) is 35.4 Å². The molecule has 9 aromatic rings. The monoisotopic (exact) mass is 590 g/mol. The highest BCUT2D eigenvalue weighted by Crippen LogP contribution is 2.40. The lowest BCUT2D eigenvalue weighted by atomic mass is 9.99. The number of rotatable bonds is 5. The Morgan fingerprint density at radius 2 is 1.02 bits per heavy atom. The molecule has 0 aliphatic carbocycles. The molecule has 0 aliphatic heterocycles. The van der Waals surface area contributed by atoms with Crippen LogP contribution in [-0.4, -0.2) is 19.5 Å².